The molecular formula is C15H22BrNO2S. The number of sulfonamides is 1. The second kappa shape index (κ2) is 6.16. The van der Waals surface area contributed by atoms with E-state index < -0.39 is 10.0 Å². The van der Waals surface area contributed by atoms with Gasteiger partial charge in [-0.05, 0) is 43.9 Å². The van der Waals surface area contributed by atoms with E-state index in [1.807, 2.05) is 26.0 Å². The molecule has 0 unspecified atom stereocenters. The minimum Gasteiger partial charge on any atom is -0.207 e. The normalized spacial score (nSPS) is 18.9. The first-order chi connectivity index (χ1) is 9.38. The Bertz CT molecular complexity index is 578. The van der Waals surface area contributed by atoms with Crippen LogP contribution in [0.3, 0.4) is 0 Å². The third-order valence-corrected chi connectivity index (χ3v) is 6.84. The first kappa shape index (κ1) is 16.0. The van der Waals surface area contributed by atoms with Crippen LogP contribution < -0.4 is 4.72 Å². The average molecular weight is 360 g/mol. The number of halogens is 1. The van der Waals surface area contributed by atoms with E-state index >= 15 is 0 Å². The topological polar surface area (TPSA) is 46.2 Å². The highest BCUT2D eigenvalue weighted by atomic mass is 79.9. The number of rotatable bonds is 4. The summed E-state index contributed by atoms with van der Waals surface area (Å²) in [6.45, 7) is 3.76. The fraction of sp³-hybridized carbons (Fsp3) is 0.600. The number of hydrogen-bond acceptors (Lipinski definition) is 2. The molecule has 20 heavy (non-hydrogen) atoms. The Morgan fingerprint density at radius 1 is 1.20 bits per heavy atom. The lowest BCUT2D eigenvalue weighted by Crippen LogP contribution is -2.51. The van der Waals surface area contributed by atoms with Gasteiger partial charge >= 0.3 is 0 Å². The molecule has 3 nitrogen and oxygen atoms in total. The van der Waals surface area contributed by atoms with Crippen molar-refractivity contribution < 1.29 is 8.42 Å². The lowest BCUT2D eigenvalue weighted by atomic mass is 9.84. The Morgan fingerprint density at radius 3 is 2.45 bits per heavy atom. The number of aryl methyl sites for hydroxylation is 2. The maximum Gasteiger partial charge on any atom is 0.241 e. The SMILES string of the molecule is Cc1ccc(C)c(S(=O)(=O)NC2(CBr)CCCCC2)c1. The van der Waals surface area contributed by atoms with Crippen LogP contribution in [0.2, 0.25) is 0 Å². The molecule has 1 N–H and O–H groups in total. The highest BCUT2D eigenvalue weighted by Crippen LogP contribution is 2.32. The third-order valence-electron chi connectivity index (χ3n) is 4.05. The molecule has 2 rings (SSSR count). The molecule has 0 bridgehead atoms. The van der Waals surface area contributed by atoms with Crippen LogP contribution in [0.15, 0.2) is 23.1 Å². The van der Waals surface area contributed by atoms with Gasteiger partial charge in [-0.1, -0.05) is 47.3 Å². The van der Waals surface area contributed by atoms with Crippen molar-refractivity contribution in [2.24, 2.45) is 0 Å². The Morgan fingerprint density at radius 2 is 1.85 bits per heavy atom. The van der Waals surface area contributed by atoms with Gasteiger partial charge in [-0.25, -0.2) is 13.1 Å². The van der Waals surface area contributed by atoms with E-state index in [2.05, 4.69) is 20.7 Å². The third kappa shape index (κ3) is 3.43. The molecule has 0 saturated heterocycles. The molecule has 0 atom stereocenters. The fourth-order valence-corrected chi connectivity index (χ4v) is 5.50. The van der Waals surface area contributed by atoms with Crippen molar-refractivity contribution >= 4 is 26.0 Å². The van der Waals surface area contributed by atoms with E-state index in [1.165, 1.54) is 6.42 Å². The van der Waals surface area contributed by atoms with E-state index in [-0.39, 0.29) is 5.54 Å². The second-order valence-electron chi connectivity index (χ2n) is 5.85. The number of benzene rings is 1. The molecule has 1 aromatic carbocycles. The smallest absolute Gasteiger partial charge is 0.207 e. The first-order valence-corrected chi connectivity index (χ1v) is 9.66. The van der Waals surface area contributed by atoms with Crippen LogP contribution >= 0.6 is 15.9 Å². The van der Waals surface area contributed by atoms with Crippen molar-refractivity contribution in [2.75, 3.05) is 5.33 Å². The van der Waals surface area contributed by atoms with Crippen LogP contribution in [0, 0.1) is 13.8 Å². The monoisotopic (exact) mass is 359 g/mol. The van der Waals surface area contributed by atoms with Gasteiger partial charge in [0.1, 0.15) is 0 Å². The number of hydrogen-bond donors (Lipinski definition) is 1. The summed E-state index contributed by atoms with van der Waals surface area (Å²) in [5.74, 6) is 0. The maximum absolute atomic E-state index is 12.7. The van der Waals surface area contributed by atoms with Crippen molar-refractivity contribution in [3.05, 3.63) is 29.3 Å². The molecule has 1 aromatic rings. The van der Waals surface area contributed by atoms with Gasteiger partial charge in [0.15, 0.2) is 0 Å². The highest BCUT2D eigenvalue weighted by Gasteiger charge is 2.35. The van der Waals surface area contributed by atoms with Gasteiger partial charge in [0, 0.05) is 10.9 Å². The summed E-state index contributed by atoms with van der Waals surface area (Å²) in [6, 6.07) is 5.56. The van der Waals surface area contributed by atoms with E-state index in [1.54, 1.807) is 6.07 Å². The standard InChI is InChI=1S/C15H22BrNO2S/c1-12-6-7-13(2)14(10-12)20(18,19)17-15(11-16)8-4-3-5-9-15/h6-7,10,17H,3-5,8-9,11H2,1-2H3. The molecule has 112 valence electrons. The van der Waals surface area contributed by atoms with Crippen molar-refractivity contribution in [1.82, 2.24) is 4.72 Å². The molecule has 0 amide bonds. The first-order valence-electron chi connectivity index (χ1n) is 7.06. The molecular weight excluding hydrogens is 338 g/mol. The molecule has 0 aromatic heterocycles. The Balaban J connectivity index is 2.32. The molecule has 1 aliphatic carbocycles. The van der Waals surface area contributed by atoms with Gasteiger partial charge in [0.05, 0.1) is 4.90 Å². The van der Waals surface area contributed by atoms with Crippen molar-refractivity contribution in [3.8, 4) is 0 Å². The number of nitrogens with one attached hydrogen (secondary N) is 1. The van der Waals surface area contributed by atoms with E-state index in [4.69, 9.17) is 0 Å². The van der Waals surface area contributed by atoms with Crippen molar-refractivity contribution in [2.45, 2.75) is 56.4 Å². The van der Waals surface area contributed by atoms with E-state index in [0.717, 1.165) is 36.8 Å². The van der Waals surface area contributed by atoms with Crippen LogP contribution in [-0.4, -0.2) is 19.3 Å². The van der Waals surface area contributed by atoms with Gasteiger partial charge in [-0.2, -0.15) is 0 Å². The van der Waals surface area contributed by atoms with Crippen LogP contribution in [0.25, 0.3) is 0 Å². The molecule has 0 radical (unpaired) electrons. The molecule has 0 heterocycles. The van der Waals surface area contributed by atoms with Crippen molar-refractivity contribution in [3.63, 3.8) is 0 Å². The minimum absolute atomic E-state index is 0.326. The van der Waals surface area contributed by atoms with E-state index in [9.17, 15) is 8.42 Å². The number of alkyl halides is 1. The average Bonchev–Trinajstić information content (AvgIpc) is 2.42. The minimum atomic E-state index is -3.46. The predicted molar refractivity (Wildman–Crippen MR) is 85.8 cm³/mol. The van der Waals surface area contributed by atoms with Gasteiger partial charge in [0.2, 0.25) is 10.0 Å². The summed E-state index contributed by atoms with van der Waals surface area (Å²) in [4.78, 5) is 0.406. The molecule has 5 heteroatoms. The largest absolute Gasteiger partial charge is 0.241 e. The summed E-state index contributed by atoms with van der Waals surface area (Å²) < 4.78 is 28.4. The zero-order valence-electron chi connectivity index (χ0n) is 12.1. The molecule has 1 aliphatic rings. The van der Waals surface area contributed by atoms with E-state index in [0.29, 0.717) is 10.2 Å². The van der Waals surface area contributed by atoms with Crippen LogP contribution in [0.4, 0.5) is 0 Å². The Labute approximate surface area is 130 Å². The van der Waals surface area contributed by atoms with Crippen LogP contribution in [0.5, 0.6) is 0 Å². The Kier molecular flexibility index (Phi) is 4.92. The van der Waals surface area contributed by atoms with Crippen LogP contribution in [0.1, 0.15) is 43.2 Å². The van der Waals surface area contributed by atoms with Gasteiger partial charge < -0.3 is 0 Å². The predicted octanol–water partition coefficient (Wildman–Crippen LogP) is 3.68. The summed E-state index contributed by atoms with van der Waals surface area (Å²) in [5, 5.41) is 0.671. The summed E-state index contributed by atoms with van der Waals surface area (Å²) in [6.07, 6.45) is 5.17. The summed E-state index contributed by atoms with van der Waals surface area (Å²) in [7, 11) is -3.46. The van der Waals surface area contributed by atoms with Crippen LogP contribution in [-0.2, 0) is 10.0 Å². The quantitative estimate of drug-likeness (QED) is 0.833. The van der Waals surface area contributed by atoms with Gasteiger partial charge in [0.25, 0.3) is 0 Å². The van der Waals surface area contributed by atoms with Gasteiger partial charge in [-0.15, -0.1) is 0 Å². The molecule has 0 spiro atoms. The molecule has 0 aliphatic heterocycles. The van der Waals surface area contributed by atoms with Gasteiger partial charge in [-0.3, -0.25) is 0 Å². The molecule has 1 saturated carbocycles. The fourth-order valence-electron chi connectivity index (χ4n) is 2.83. The summed E-state index contributed by atoms with van der Waals surface area (Å²) in [5.41, 5.74) is 1.43. The molecule has 1 fully saturated rings. The highest BCUT2D eigenvalue weighted by molar-refractivity contribution is 9.09. The second-order valence-corrected chi connectivity index (χ2v) is 8.06. The van der Waals surface area contributed by atoms with Crippen molar-refractivity contribution in [1.29, 1.82) is 0 Å². The Hall–Kier alpha value is -0.390. The lowest BCUT2D eigenvalue weighted by Gasteiger charge is -2.36. The summed E-state index contributed by atoms with van der Waals surface area (Å²) >= 11 is 3.50. The lowest BCUT2D eigenvalue weighted by molar-refractivity contribution is 0.301. The zero-order valence-corrected chi connectivity index (χ0v) is 14.5. The zero-order chi connectivity index (χ0) is 14.8. The maximum atomic E-state index is 12.7.